The summed E-state index contributed by atoms with van der Waals surface area (Å²) in [6.07, 6.45) is 3.65. The van der Waals surface area contributed by atoms with E-state index >= 15 is 0 Å². The van der Waals surface area contributed by atoms with Gasteiger partial charge in [-0.1, -0.05) is 23.2 Å². The molecule has 1 aliphatic heterocycles. The molecule has 3 heterocycles. The third kappa shape index (κ3) is 2.43. The topological polar surface area (TPSA) is 51.0 Å². The molecule has 3 rings (SSSR count). The van der Waals surface area contributed by atoms with E-state index in [9.17, 15) is 4.79 Å². The Bertz CT molecular complexity index is 620. The van der Waals surface area contributed by atoms with Crippen LogP contribution < -0.4 is 0 Å². The predicted octanol–water partition coefficient (Wildman–Crippen LogP) is 2.24. The summed E-state index contributed by atoms with van der Waals surface area (Å²) in [6, 6.07) is 3.05. The maximum atomic E-state index is 12.4. The van der Waals surface area contributed by atoms with Gasteiger partial charge in [0.05, 0.1) is 6.54 Å². The van der Waals surface area contributed by atoms with Crippen LogP contribution in [0.15, 0.2) is 24.5 Å². The largest absolute Gasteiger partial charge is 0.332 e. The number of aromatic nitrogens is 3. The first kappa shape index (κ1) is 12.4. The standard InChI is InChI=1S/C12H10Cl2N4O/c13-9-5-8(6-10(14)16-9)12(19)18-4-3-17-2-1-15-11(17)7-18/h1-2,5-6H,3-4,7H2. The molecule has 0 bridgehead atoms. The molecule has 0 atom stereocenters. The van der Waals surface area contributed by atoms with Gasteiger partial charge in [0.1, 0.15) is 16.1 Å². The van der Waals surface area contributed by atoms with Crippen molar-refractivity contribution in [2.45, 2.75) is 13.1 Å². The van der Waals surface area contributed by atoms with Gasteiger partial charge in [-0.15, -0.1) is 0 Å². The van der Waals surface area contributed by atoms with E-state index in [0.717, 1.165) is 12.4 Å². The lowest BCUT2D eigenvalue weighted by Gasteiger charge is -2.27. The molecule has 0 aliphatic carbocycles. The predicted molar refractivity (Wildman–Crippen MR) is 71.2 cm³/mol. The van der Waals surface area contributed by atoms with Gasteiger partial charge in [-0.3, -0.25) is 4.79 Å². The first-order valence-corrected chi connectivity index (χ1v) is 6.51. The van der Waals surface area contributed by atoms with Gasteiger partial charge in [-0.25, -0.2) is 9.97 Å². The molecule has 0 saturated heterocycles. The number of rotatable bonds is 1. The molecule has 7 heteroatoms. The SMILES string of the molecule is O=C(c1cc(Cl)nc(Cl)c1)N1CCn2ccnc2C1. The number of hydrogen-bond acceptors (Lipinski definition) is 3. The summed E-state index contributed by atoms with van der Waals surface area (Å²) < 4.78 is 2.04. The highest BCUT2D eigenvalue weighted by atomic mass is 35.5. The molecule has 0 N–H and O–H groups in total. The molecule has 0 aromatic carbocycles. The summed E-state index contributed by atoms with van der Waals surface area (Å²) in [5, 5.41) is 0.434. The van der Waals surface area contributed by atoms with Crippen molar-refractivity contribution < 1.29 is 4.79 Å². The van der Waals surface area contributed by atoms with Crippen molar-refractivity contribution in [1.29, 1.82) is 0 Å². The number of carbonyl (C=O) groups excluding carboxylic acids is 1. The van der Waals surface area contributed by atoms with Crippen LogP contribution in [-0.2, 0) is 13.1 Å². The molecule has 0 unspecified atom stereocenters. The third-order valence-corrected chi connectivity index (χ3v) is 3.43. The van der Waals surface area contributed by atoms with E-state index in [0.29, 0.717) is 18.7 Å². The Morgan fingerprint density at radius 3 is 2.68 bits per heavy atom. The molecule has 2 aromatic rings. The minimum atomic E-state index is -0.111. The summed E-state index contributed by atoms with van der Waals surface area (Å²) in [6.45, 7) is 1.87. The van der Waals surface area contributed by atoms with E-state index in [2.05, 4.69) is 9.97 Å². The van der Waals surface area contributed by atoms with Crippen LogP contribution in [0.4, 0.5) is 0 Å². The van der Waals surface area contributed by atoms with Crippen LogP contribution in [0.25, 0.3) is 0 Å². The second-order valence-electron chi connectivity index (χ2n) is 4.26. The van der Waals surface area contributed by atoms with E-state index in [1.165, 1.54) is 12.1 Å². The summed E-state index contributed by atoms with van der Waals surface area (Å²) in [5.74, 6) is 0.770. The maximum absolute atomic E-state index is 12.4. The molecule has 0 fully saturated rings. The molecule has 0 radical (unpaired) electrons. The van der Waals surface area contributed by atoms with Crippen molar-refractivity contribution in [2.75, 3.05) is 6.54 Å². The maximum Gasteiger partial charge on any atom is 0.254 e. The second kappa shape index (κ2) is 4.83. The van der Waals surface area contributed by atoms with Crippen LogP contribution in [0.5, 0.6) is 0 Å². The van der Waals surface area contributed by atoms with Gasteiger partial charge in [0.15, 0.2) is 0 Å². The minimum Gasteiger partial charge on any atom is -0.332 e. The normalized spacial score (nSPS) is 14.3. The van der Waals surface area contributed by atoms with E-state index in [1.807, 2.05) is 10.8 Å². The molecule has 0 saturated carbocycles. The van der Waals surface area contributed by atoms with Crippen molar-refractivity contribution >= 4 is 29.1 Å². The fourth-order valence-electron chi connectivity index (χ4n) is 2.12. The fourth-order valence-corrected chi connectivity index (χ4v) is 2.58. The molecule has 1 amide bonds. The highest BCUT2D eigenvalue weighted by Crippen LogP contribution is 2.18. The molecule has 0 spiro atoms. The number of hydrogen-bond donors (Lipinski definition) is 0. The highest BCUT2D eigenvalue weighted by molar-refractivity contribution is 6.33. The molecule has 2 aromatic heterocycles. The van der Waals surface area contributed by atoms with Crippen molar-refractivity contribution in [3.05, 3.63) is 46.2 Å². The van der Waals surface area contributed by atoms with Crippen LogP contribution in [0.2, 0.25) is 10.3 Å². The highest BCUT2D eigenvalue weighted by Gasteiger charge is 2.22. The van der Waals surface area contributed by atoms with E-state index in [4.69, 9.17) is 23.2 Å². The van der Waals surface area contributed by atoms with E-state index in [1.54, 1.807) is 11.1 Å². The van der Waals surface area contributed by atoms with Crippen molar-refractivity contribution in [2.24, 2.45) is 0 Å². The molecule has 98 valence electrons. The quantitative estimate of drug-likeness (QED) is 0.759. The fraction of sp³-hybridized carbons (Fsp3) is 0.250. The lowest BCUT2D eigenvalue weighted by Crippen LogP contribution is -2.38. The number of nitrogens with zero attached hydrogens (tertiary/aromatic N) is 4. The average molecular weight is 297 g/mol. The average Bonchev–Trinajstić information content (AvgIpc) is 2.83. The first-order chi connectivity index (χ1) is 9.13. The summed E-state index contributed by atoms with van der Waals surface area (Å²) in [5.41, 5.74) is 0.449. The summed E-state index contributed by atoms with van der Waals surface area (Å²) in [7, 11) is 0. The third-order valence-electron chi connectivity index (χ3n) is 3.04. The smallest absolute Gasteiger partial charge is 0.254 e. The van der Waals surface area contributed by atoms with Crippen LogP contribution in [0, 0.1) is 0 Å². The zero-order valence-electron chi connectivity index (χ0n) is 9.88. The number of fused-ring (bicyclic) bond motifs is 1. The van der Waals surface area contributed by atoms with Gasteiger partial charge in [-0.2, -0.15) is 0 Å². The summed E-state index contributed by atoms with van der Waals surface area (Å²) in [4.78, 5) is 22.2. The van der Waals surface area contributed by atoms with E-state index < -0.39 is 0 Å². The minimum absolute atomic E-state index is 0.111. The van der Waals surface area contributed by atoms with Crippen LogP contribution >= 0.6 is 23.2 Å². The Labute approximate surface area is 119 Å². The Balaban J connectivity index is 1.85. The van der Waals surface area contributed by atoms with Gasteiger partial charge in [-0.05, 0) is 12.1 Å². The molecular formula is C12H10Cl2N4O. The van der Waals surface area contributed by atoms with Gasteiger partial charge < -0.3 is 9.47 Å². The van der Waals surface area contributed by atoms with Crippen LogP contribution in [0.1, 0.15) is 16.2 Å². The summed E-state index contributed by atoms with van der Waals surface area (Å²) >= 11 is 11.6. The second-order valence-corrected chi connectivity index (χ2v) is 5.04. The number of imidazole rings is 1. The number of amides is 1. The van der Waals surface area contributed by atoms with Crippen LogP contribution in [0.3, 0.4) is 0 Å². The first-order valence-electron chi connectivity index (χ1n) is 5.76. The molecular weight excluding hydrogens is 287 g/mol. The Morgan fingerprint density at radius 1 is 1.21 bits per heavy atom. The molecule has 5 nitrogen and oxygen atoms in total. The van der Waals surface area contributed by atoms with Gasteiger partial charge in [0.25, 0.3) is 5.91 Å². The van der Waals surface area contributed by atoms with Gasteiger partial charge in [0.2, 0.25) is 0 Å². The van der Waals surface area contributed by atoms with Crippen molar-refractivity contribution in [3.8, 4) is 0 Å². The Hall–Kier alpha value is -1.59. The van der Waals surface area contributed by atoms with Gasteiger partial charge in [0, 0.05) is 31.0 Å². The number of carbonyl (C=O) groups is 1. The molecule has 1 aliphatic rings. The zero-order valence-corrected chi connectivity index (χ0v) is 11.4. The monoisotopic (exact) mass is 296 g/mol. The molecule has 19 heavy (non-hydrogen) atoms. The Morgan fingerprint density at radius 2 is 1.95 bits per heavy atom. The zero-order chi connectivity index (χ0) is 13.4. The number of halogens is 2. The van der Waals surface area contributed by atoms with Crippen molar-refractivity contribution in [3.63, 3.8) is 0 Å². The lowest BCUT2D eigenvalue weighted by molar-refractivity contribution is 0.0707. The Kier molecular flexibility index (Phi) is 3.16. The lowest BCUT2D eigenvalue weighted by atomic mass is 10.2. The number of pyridine rings is 1. The van der Waals surface area contributed by atoms with Gasteiger partial charge >= 0.3 is 0 Å². The van der Waals surface area contributed by atoms with E-state index in [-0.39, 0.29) is 16.2 Å². The van der Waals surface area contributed by atoms with Crippen LogP contribution in [-0.4, -0.2) is 31.9 Å². The van der Waals surface area contributed by atoms with Crippen molar-refractivity contribution in [1.82, 2.24) is 19.4 Å².